The lowest BCUT2D eigenvalue weighted by atomic mass is 10.3. The molecular formula is C8H13N5O. The second-order valence-corrected chi connectivity index (χ2v) is 3.55. The fourth-order valence-corrected chi connectivity index (χ4v) is 1.51. The van der Waals surface area contributed by atoms with Crippen LogP contribution in [0.3, 0.4) is 0 Å². The molecule has 0 spiro atoms. The summed E-state index contributed by atoms with van der Waals surface area (Å²) in [5.74, 6) is 0.796. The van der Waals surface area contributed by atoms with Crippen LogP contribution in [0, 0.1) is 0 Å². The zero-order valence-corrected chi connectivity index (χ0v) is 8.16. The average molecular weight is 195 g/mol. The van der Waals surface area contributed by atoms with Crippen molar-refractivity contribution in [3.63, 3.8) is 0 Å². The molecule has 0 bridgehead atoms. The van der Waals surface area contributed by atoms with Crippen molar-refractivity contribution in [3.8, 4) is 0 Å². The van der Waals surface area contributed by atoms with Gasteiger partial charge in [-0.25, -0.2) is 0 Å². The van der Waals surface area contributed by atoms with Gasteiger partial charge in [0.15, 0.2) is 5.82 Å². The van der Waals surface area contributed by atoms with E-state index in [0.717, 1.165) is 0 Å². The van der Waals surface area contributed by atoms with E-state index in [-0.39, 0.29) is 17.5 Å². The van der Waals surface area contributed by atoms with Crippen molar-refractivity contribution >= 4 is 17.5 Å². The molecule has 2 heterocycles. The highest BCUT2D eigenvalue weighted by atomic mass is 16.1. The van der Waals surface area contributed by atoms with Crippen molar-refractivity contribution < 1.29 is 0 Å². The third kappa shape index (κ3) is 1.19. The smallest absolute Gasteiger partial charge is 0.277 e. The highest BCUT2D eigenvalue weighted by molar-refractivity contribution is 5.70. The van der Waals surface area contributed by atoms with E-state index in [9.17, 15) is 4.79 Å². The highest BCUT2D eigenvalue weighted by Gasteiger charge is 2.25. The first-order valence-corrected chi connectivity index (χ1v) is 4.50. The van der Waals surface area contributed by atoms with E-state index in [1.54, 1.807) is 0 Å². The number of nitrogens with one attached hydrogen (secondary N) is 2. The Kier molecular flexibility index (Phi) is 1.83. The molecule has 76 valence electrons. The van der Waals surface area contributed by atoms with Crippen LogP contribution in [0.4, 0.5) is 17.5 Å². The third-order valence-corrected chi connectivity index (χ3v) is 2.24. The number of rotatable bonds is 1. The van der Waals surface area contributed by atoms with Crippen molar-refractivity contribution in [1.82, 2.24) is 9.97 Å². The van der Waals surface area contributed by atoms with Gasteiger partial charge in [-0.2, -0.15) is 4.98 Å². The Morgan fingerprint density at radius 3 is 2.93 bits per heavy atom. The third-order valence-electron chi connectivity index (χ3n) is 2.24. The molecule has 1 aromatic heterocycles. The number of nitrogen functional groups attached to an aromatic ring is 1. The molecule has 0 unspecified atom stereocenters. The normalized spacial score (nSPS) is 14.4. The van der Waals surface area contributed by atoms with Gasteiger partial charge >= 0.3 is 0 Å². The summed E-state index contributed by atoms with van der Waals surface area (Å²) in [4.78, 5) is 20.0. The van der Waals surface area contributed by atoms with Crippen LogP contribution < -0.4 is 21.5 Å². The highest BCUT2D eigenvalue weighted by Crippen LogP contribution is 2.26. The summed E-state index contributed by atoms with van der Waals surface area (Å²) in [6.45, 7) is 4.68. The van der Waals surface area contributed by atoms with Crippen LogP contribution in [-0.2, 0) is 0 Å². The number of nitrogens with two attached hydrogens (primary N) is 1. The van der Waals surface area contributed by atoms with E-state index < -0.39 is 0 Å². The van der Waals surface area contributed by atoms with E-state index >= 15 is 0 Å². The summed E-state index contributed by atoms with van der Waals surface area (Å²) >= 11 is 0. The van der Waals surface area contributed by atoms with Crippen LogP contribution in [0.5, 0.6) is 0 Å². The van der Waals surface area contributed by atoms with Crippen LogP contribution in [0.2, 0.25) is 0 Å². The summed E-state index contributed by atoms with van der Waals surface area (Å²) in [6.07, 6.45) is 0. The predicted octanol–water partition coefficient (Wildman–Crippen LogP) is -0.0501. The van der Waals surface area contributed by atoms with Gasteiger partial charge in [0.05, 0.1) is 6.67 Å². The Balaban J connectivity index is 2.54. The number of hydrogen-bond donors (Lipinski definition) is 3. The molecule has 0 fully saturated rings. The van der Waals surface area contributed by atoms with Gasteiger partial charge in [-0.15, -0.1) is 0 Å². The molecule has 2 rings (SSSR count). The number of aromatic amines is 1. The quantitative estimate of drug-likeness (QED) is 0.585. The molecule has 0 amide bonds. The summed E-state index contributed by atoms with van der Waals surface area (Å²) < 4.78 is 0. The first kappa shape index (κ1) is 8.86. The maximum atomic E-state index is 11.4. The number of fused-ring (bicyclic) bond motifs is 1. The van der Waals surface area contributed by atoms with E-state index in [0.29, 0.717) is 18.2 Å². The molecular weight excluding hydrogens is 182 g/mol. The maximum absolute atomic E-state index is 11.4. The molecule has 1 aliphatic rings. The van der Waals surface area contributed by atoms with Crippen molar-refractivity contribution in [2.45, 2.75) is 19.9 Å². The van der Waals surface area contributed by atoms with Crippen LogP contribution in [0.15, 0.2) is 4.79 Å². The van der Waals surface area contributed by atoms with E-state index in [2.05, 4.69) is 15.3 Å². The number of nitrogens with zero attached hydrogens (tertiary/aromatic N) is 2. The first-order chi connectivity index (χ1) is 6.59. The Morgan fingerprint density at radius 2 is 2.29 bits per heavy atom. The van der Waals surface area contributed by atoms with Crippen molar-refractivity contribution in [2.75, 3.05) is 22.6 Å². The molecule has 6 nitrogen and oxygen atoms in total. The molecule has 4 N–H and O–H groups in total. The standard InChI is InChI=1S/C8H13N5O/c1-4(2)13-3-10-5-6(13)11-8(9)12-7(5)14/h4,10H,3H2,1-2H3,(H3,9,11,12,14). The average Bonchev–Trinajstić information content (AvgIpc) is 2.47. The van der Waals surface area contributed by atoms with Crippen molar-refractivity contribution in [1.29, 1.82) is 0 Å². The minimum atomic E-state index is -0.212. The van der Waals surface area contributed by atoms with Gasteiger partial charge in [-0.05, 0) is 13.8 Å². The largest absolute Gasteiger partial charge is 0.369 e. The van der Waals surface area contributed by atoms with Gasteiger partial charge in [-0.1, -0.05) is 0 Å². The van der Waals surface area contributed by atoms with E-state index in [1.165, 1.54) is 0 Å². The maximum Gasteiger partial charge on any atom is 0.277 e. The molecule has 1 aliphatic heterocycles. The number of H-pyrrole nitrogens is 1. The van der Waals surface area contributed by atoms with Gasteiger partial charge in [-0.3, -0.25) is 9.78 Å². The van der Waals surface area contributed by atoms with Gasteiger partial charge in [0.2, 0.25) is 5.95 Å². The lowest BCUT2D eigenvalue weighted by molar-refractivity contribution is 0.718. The molecule has 0 saturated heterocycles. The van der Waals surface area contributed by atoms with E-state index in [4.69, 9.17) is 5.73 Å². The van der Waals surface area contributed by atoms with Crippen LogP contribution in [0.1, 0.15) is 13.8 Å². The summed E-state index contributed by atoms with van der Waals surface area (Å²) in [6, 6.07) is 0.289. The van der Waals surface area contributed by atoms with Gasteiger partial charge in [0, 0.05) is 6.04 Å². The fourth-order valence-electron chi connectivity index (χ4n) is 1.51. The summed E-state index contributed by atoms with van der Waals surface area (Å²) in [7, 11) is 0. The van der Waals surface area contributed by atoms with Crippen LogP contribution >= 0.6 is 0 Å². The second-order valence-electron chi connectivity index (χ2n) is 3.55. The monoisotopic (exact) mass is 195 g/mol. The molecule has 14 heavy (non-hydrogen) atoms. The zero-order chi connectivity index (χ0) is 10.3. The molecule has 0 atom stereocenters. The molecule has 1 aromatic rings. The molecule has 0 radical (unpaired) electrons. The van der Waals surface area contributed by atoms with Crippen LogP contribution in [0.25, 0.3) is 0 Å². The predicted molar refractivity (Wildman–Crippen MR) is 55.4 cm³/mol. The fraction of sp³-hybridized carbons (Fsp3) is 0.500. The Labute approximate surface area is 81.1 Å². The van der Waals surface area contributed by atoms with Crippen LogP contribution in [-0.4, -0.2) is 22.7 Å². The number of anilines is 3. The SMILES string of the molecule is CC(C)N1CNc2c1nc(N)[nH]c2=O. The molecule has 6 heteroatoms. The Bertz CT molecular complexity index is 411. The number of aromatic nitrogens is 2. The van der Waals surface area contributed by atoms with Crippen molar-refractivity contribution in [2.24, 2.45) is 0 Å². The Hall–Kier alpha value is -1.72. The van der Waals surface area contributed by atoms with Gasteiger partial charge < -0.3 is 16.0 Å². The second kappa shape index (κ2) is 2.90. The molecule has 0 aliphatic carbocycles. The van der Waals surface area contributed by atoms with Gasteiger partial charge in [0.1, 0.15) is 5.69 Å². The van der Waals surface area contributed by atoms with E-state index in [1.807, 2.05) is 18.7 Å². The molecule has 0 saturated carbocycles. The lowest BCUT2D eigenvalue weighted by Gasteiger charge is -2.20. The topological polar surface area (TPSA) is 87.0 Å². The first-order valence-electron chi connectivity index (χ1n) is 4.50. The minimum absolute atomic E-state index is 0.156. The van der Waals surface area contributed by atoms with Gasteiger partial charge in [0.25, 0.3) is 5.56 Å². The zero-order valence-electron chi connectivity index (χ0n) is 8.16. The molecule has 0 aromatic carbocycles. The Morgan fingerprint density at radius 1 is 1.57 bits per heavy atom. The number of hydrogen-bond acceptors (Lipinski definition) is 5. The summed E-state index contributed by atoms with van der Waals surface area (Å²) in [5.41, 5.74) is 5.77. The lowest BCUT2D eigenvalue weighted by Crippen LogP contribution is -2.30. The summed E-state index contributed by atoms with van der Waals surface area (Å²) in [5, 5.41) is 2.99. The van der Waals surface area contributed by atoms with Crippen molar-refractivity contribution in [3.05, 3.63) is 10.4 Å². The minimum Gasteiger partial charge on any atom is -0.369 e.